The van der Waals surface area contributed by atoms with E-state index in [0.29, 0.717) is 30.1 Å². The van der Waals surface area contributed by atoms with Crippen LogP contribution in [0.5, 0.6) is 0 Å². The fourth-order valence-corrected chi connectivity index (χ4v) is 6.27. The third kappa shape index (κ3) is 3.03. The summed E-state index contributed by atoms with van der Waals surface area (Å²) in [4.78, 5) is 25.2. The highest BCUT2D eigenvalue weighted by Crippen LogP contribution is 2.61. The molecule has 4 aliphatic carbocycles. The number of rotatable bonds is 5. The standard InChI is InChI=1S/C20H29N3O3/c1-4-26-19(25)17-12(2)22-23(3)18(17)21-16(24)11-20-8-13-5-14(9-20)7-15(6-13)10-20/h13-15H,4-11H2,1-3H3,(H,21,24). The van der Waals surface area contributed by atoms with Gasteiger partial charge in [0.25, 0.3) is 0 Å². The zero-order valence-corrected chi connectivity index (χ0v) is 16.0. The first-order valence-corrected chi connectivity index (χ1v) is 9.89. The lowest BCUT2D eigenvalue weighted by Crippen LogP contribution is -2.47. The van der Waals surface area contributed by atoms with Crippen LogP contribution in [0.25, 0.3) is 0 Å². The molecule has 0 aromatic carbocycles. The molecule has 0 spiro atoms. The van der Waals surface area contributed by atoms with Gasteiger partial charge in [-0.15, -0.1) is 0 Å². The number of esters is 1. The minimum atomic E-state index is -0.428. The fraction of sp³-hybridized carbons (Fsp3) is 0.750. The Bertz CT molecular complexity index is 702. The van der Waals surface area contributed by atoms with E-state index in [1.807, 2.05) is 0 Å². The third-order valence-corrected chi connectivity index (χ3v) is 6.66. The minimum absolute atomic E-state index is 0.000462. The molecule has 6 heteroatoms. The topological polar surface area (TPSA) is 73.2 Å². The second-order valence-corrected chi connectivity index (χ2v) is 8.80. The Morgan fingerprint density at radius 1 is 1.19 bits per heavy atom. The summed E-state index contributed by atoms with van der Waals surface area (Å²) in [6.45, 7) is 3.84. The molecule has 0 unspecified atom stereocenters. The number of anilines is 1. The van der Waals surface area contributed by atoms with E-state index in [2.05, 4.69) is 10.4 Å². The van der Waals surface area contributed by atoms with E-state index in [1.165, 1.54) is 38.5 Å². The number of aromatic nitrogens is 2. The SMILES string of the molecule is CCOC(=O)c1c(C)nn(C)c1NC(=O)CC12CC3CC(CC(C3)C1)C2. The quantitative estimate of drug-likeness (QED) is 0.817. The molecule has 1 heterocycles. The summed E-state index contributed by atoms with van der Waals surface area (Å²) in [6.07, 6.45) is 8.26. The minimum Gasteiger partial charge on any atom is -0.462 e. The number of hydrogen-bond donors (Lipinski definition) is 1. The zero-order valence-electron chi connectivity index (χ0n) is 16.0. The number of carbonyl (C=O) groups excluding carboxylic acids is 2. The molecule has 0 atom stereocenters. The van der Waals surface area contributed by atoms with Crippen LogP contribution in [0.1, 0.15) is 67.9 Å². The Morgan fingerprint density at radius 3 is 2.31 bits per heavy atom. The van der Waals surface area contributed by atoms with Gasteiger partial charge in [0.05, 0.1) is 12.3 Å². The average molecular weight is 359 g/mol. The third-order valence-electron chi connectivity index (χ3n) is 6.66. The molecule has 1 amide bonds. The monoisotopic (exact) mass is 359 g/mol. The van der Waals surface area contributed by atoms with Crippen molar-refractivity contribution >= 4 is 17.7 Å². The van der Waals surface area contributed by atoms with Gasteiger partial charge in [-0.2, -0.15) is 5.10 Å². The smallest absolute Gasteiger partial charge is 0.343 e. The lowest BCUT2D eigenvalue weighted by atomic mass is 9.49. The van der Waals surface area contributed by atoms with Gasteiger partial charge < -0.3 is 10.1 Å². The van der Waals surface area contributed by atoms with Crippen LogP contribution in [0.4, 0.5) is 5.82 Å². The molecule has 142 valence electrons. The predicted molar refractivity (Wildman–Crippen MR) is 97.8 cm³/mol. The molecule has 1 aromatic heterocycles. The van der Waals surface area contributed by atoms with Crippen LogP contribution in [-0.2, 0) is 16.6 Å². The first-order valence-electron chi connectivity index (χ1n) is 9.89. The molecular weight excluding hydrogens is 330 g/mol. The van der Waals surface area contributed by atoms with Gasteiger partial charge in [0.15, 0.2) is 0 Å². The molecule has 6 nitrogen and oxygen atoms in total. The normalized spacial score (nSPS) is 31.9. The van der Waals surface area contributed by atoms with Crippen molar-refractivity contribution in [2.75, 3.05) is 11.9 Å². The van der Waals surface area contributed by atoms with Crippen molar-refractivity contribution in [2.24, 2.45) is 30.2 Å². The Morgan fingerprint density at radius 2 is 1.77 bits per heavy atom. The van der Waals surface area contributed by atoms with E-state index < -0.39 is 5.97 Å². The summed E-state index contributed by atoms with van der Waals surface area (Å²) in [5.41, 5.74) is 1.13. The van der Waals surface area contributed by atoms with Gasteiger partial charge in [-0.1, -0.05) is 0 Å². The second kappa shape index (κ2) is 6.39. The first kappa shape index (κ1) is 17.6. The number of ether oxygens (including phenoxy) is 1. The van der Waals surface area contributed by atoms with Crippen LogP contribution in [0.2, 0.25) is 0 Å². The van der Waals surface area contributed by atoms with Crippen molar-refractivity contribution in [3.63, 3.8) is 0 Å². The molecule has 0 saturated heterocycles. The number of amides is 1. The highest BCUT2D eigenvalue weighted by molar-refractivity contribution is 6.01. The van der Waals surface area contributed by atoms with Crippen LogP contribution in [0.15, 0.2) is 0 Å². The lowest BCUT2D eigenvalue weighted by molar-refractivity contribution is -0.124. The summed E-state index contributed by atoms with van der Waals surface area (Å²) in [6, 6.07) is 0. The Labute approximate surface area is 154 Å². The molecular formula is C20H29N3O3. The first-order chi connectivity index (χ1) is 12.4. The highest BCUT2D eigenvalue weighted by atomic mass is 16.5. The number of nitrogens with one attached hydrogen (secondary N) is 1. The van der Waals surface area contributed by atoms with Crippen molar-refractivity contribution in [1.29, 1.82) is 0 Å². The molecule has 0 radical (unpaired) electrons. The zero-order chi connectivity index (χ0) is 18.5. The number of hydrogen-bond acceptors (Lipinski definition) is 4. The maximum atomic E-state index is 12.9. The van der Waals surface area contributed by atoms with E-state index >= 15 is 0 Å². The summed E-state index contributed by atoms with van der Waals surface area (Å²) in [7, 11) is 1.75. The molecule has 0 aliphatic heterocycles. The highest BCUT2D eigenvalue weighted by Gasteiger charge is 2.51. The van der Waals surface area contributed by atoms with Crippen molar-refractivity contribution in [1.82, 2.24) is 9.78 Å². The molecule has 4 fully saturated rings. The molecule has 4 saturated carbocycles. The van der Waals surface area contributed by atoms with Crippen LogP contribution in [0.3, 0.4) is 0 Å². The van der Waals surface area contributed by atoms with Crippen molar-refractivity contribution in [3.8, 4) is 0 Å². The number of carbonyl (C=O) groups is 2. The van der Waals surface area contributed by atoms with E-state index in [1.54, 1.807) is 25.6 Å². The van der Waals surface area contributed by atoms with E-state index in [0.717, 1.165) is 17.8 Å². The van der Waals surface area contributed by atoms with Gasteiger partial charge in [0.2, 0.25) is 5.91 Å². The van der Waals surface area contributed by atoms with Crippen LogP contribution in [-0.4, -0.2) is 28.3 Å². The second-order valence-electron chi connectivity index (χ2n) is 8.80. The van der Waals surface area contributed by atoms with E-state index in [9.17, 15) is 9.59 Å². The molecule has 1 aromatic rings. The maximum absolute atomic E-state index is 12.9. The van der Waals surface area contributed by atoms with Crippen molar-refractivity contribution in [2.45, 2.75) is 58.8 Å². The Kier molecular flexibility index (Phi) is 4.32. The fourth-order valence-electron chi connectivity index (χ4n) is 6.27. The van der Waals surface area contributed by atoms with E-state index in [-0.39, 0.29) is 11.3 Å². The molecule has 4 aliphatic rings. The molecule has 26 heavy (non-hydrogen) atoms. The molecule has 4 bridgehead atoms. The van der Waals surface area contributed by atoms with Gasteiger partial charge in [0.1, 0.15) is 11.4 Å². The van der Waals surface area contributed by atoms with Crippen LogP contribution < -0.4 is 5.32 Å². The molecule has 5 rings (SSSR count). The van der Waals surface area contributed by atoms with Gasteiger partial charge in [-0.05, 0) is 75.5 Å². The lowest BCUT2D eigenvalue weighted by Gasteiger charge is -2.56. The number of nitrogens with zero attached hydrogens (tertiary/aromatic N) is 2. The largest absolute Gasteiger partial charge is 0.462 e. The summed E-state index contributed by atoms with van der Waals surface area (Å²) >= 11 is 0. The predicted octanol–water partition coefficient (Wildman–Crippen LogP) is 3.45. The summed E-state index contributed by atoms with van der Waals surface area (Å²) < 4.78 is 6.70. The van der Waals surface area contributed by atoms with Gasteiger partial charge in [-0.25, -0.2) is 4.79 Å². The van der Waals surface area contributed by atoms with Crippen LogP contribution >= 0.6 is 0 Å². The van der Waals surface area contributed by atoms with Gasteiger partial charge >= 0.3 is 5.97 Å². The summed E-state index contributed by atoms with van der Waals surface area (Å²) in [5.74, 6) is 2.49. The van der Waals surface area contributed by atoms with Gasteiger partial charge in [-0.3, -0.25) is 9.48 Å². The molecule has 1 N–H and O–H groups in total. The van der Waals surface area contributed by atoms with E-state index in [4.69, 9.17) is 4.74 Å². The van der Waals surface area contributed by atoms with Crippen molar-refractivity contribution < 1.29 is 14.3 Å². The Balaban J connectivity index is 1.50. The number of aryl methyl sites for hydroxylation is 2. The van der Waals surface area contributed by atoms with Gasteiger partial charge in [0, 0.05) is 13.5 Å². The summed E-state index contributed by atoms with van der Waals surface area (Å²) in [5, 5.41) is 7.27. The van der Waals surface area contributed by atoms with Crippen molar-refractivity contribution in [3.05, 3.63) is 11.3 Å². The maximum Gasteiger partial charge on any atom is 0.343 e. The van der Waals surface area contributed by atoms with Crippen LogP contribution in [0, 0.1) is 30.1 Å². The Hall–Kier alpha value is -1.85. The average Bonchev–Trinajstić information content (AvgIpc) is 2.79.